The monoisotopic (exact) mass is 425 g/mol. The maximum Gasteiger partial charge on any atom is 0.262 e. The zero-order chi connectivity index (χ0) is 21.7. The normalized spacial score (nSPS) is 12.2. The van der Waals surface area contributed by atoms with E-state index in [1.165, 1.54) is 11.8 Å². The molecule has 0 fully saturated rings. The summed E-state index contributed by atoms with van der Waals surface area (Å²) in [5.74, 6) is 1.03. The Morgan fingerprint density at radius 1 is 1.13 bits per heavy atom. The largest absolute Gasteiger partial charge is 0.497 e. The van der Waals surface area contributed by atoms with Crippen LogP contribution >= 0.6 is 11.8 Å². The van der Waals surface area contributed by atoms with Gasteiger partial charge in [0.1, 0.15) is 5.75 Å². The third kappa shape index (κ3) is 5.21. The van der Waals surface area contributed by atoms with Crippen molar-refractivity contribution in [3.63, 3.8) is 0 Å². The molecule has 1 heterocycles. The minimum Gasteiger partial charge on any atom is -0.497 e. The number of thioether (sulfide) groups is 1. The number of ether oxygens (including phenoxy) is 1. The Morgan fingerprint density at radius 3 is 2.50 bits per heavy atom. The van der Waals surface area contributed by atoms with Gasteiger partial charge in [0.15, 0.2) is 5.16 Å². The van der Waals surface area contributed by atoms with Gasteiger partial charge in [-0.3, -0.25) is 14.2 Å². The van der Waals surface area contributed by atoms with E-state index in [0.29, 0.717) is 34.2 Å². The van der Waals surface area contributed by atoms with Gasteiger partial charge in [0.05, 0.1) is 23.3 Å². The van der Waals surface area contributed by atoms with Crippen molar-refractivity contribution < 1.29 is 9.53 Å². The van der Waals surface area contributed by atoms with Crippen molar-refractivity contribution in [3.8, 4) is 5.75 Å². The second-order valence-corrected chi connectivity index (χ2v) is 8.84. The van der Waals surface area contributed by atoms with Crippen LogP contribution in [0.4, 0.5) is 5.69 Å². The van der Waals surface area contributed by atoms with Crippen LogP contribution in [0.15, 0.2) is 58.5 Å². The number of fused-ring (bicyclic) bond motifs is 1. The summed E-state index contributed by atoms with van der Waals surface area (Å²) in [4.78, 5) is 30.5. The molecule has 0 saturated carbocycles. The molecule has 1 N–H and O–H groups in total. The zero-order valence-corrected chi connectivity index (χ0v) is 18.5. The number of aromatic nitrogens is 2. The number of methoxy groups -OCH3 is 1. The zero-order valence-electron chi connectivity index (χ0n) is 17.7. The molecule has 0 saturated heterocycles. The van der Waals surface area contributed by atoms with Crippen LogP contribution in [0.1, 0.15) is 27.2 Å². The average molecular weight is 426 g/mol. The molecule has 0 bridgehead atoms. The highest BCUT2D eigenvalue weighted by Crippen LogP contribution is 2.24. The summed E-state index contributed by atoms with van der Waals surface area (Å²) in [5, 5.41) is 3.64. The average Bonchev–Trinajstić information content (AvgIpc) is 2.73. The lowest BCUT2D eigenvalue weighted by Gasteiger charge is -2.17. The van der Waals surface area contributed by atoms with Gasteiger partial charge in [0, 0.05) is 12.2 Å². The van der Waals surface area contributed by atoms with Gasteiger partial charge in [-0.05, 0) is 55.7 Å². The number of carbonyl (C=O) groups excluding carboxylic acids is 1. The summed E-state index contributed by atoms with van der Waals surface area (Å²) in [5.41, 5.74) is 1.27. The molecule has 1 aromatic heterocycles. The van der Waals surface area contributed by atoms with Crippen molar-refractivity contribution in [1.82, 2.24) is 9.55 Å². The number of benzene rings is 2. The summed E-state index contributed by atoms with van der Waals surface area (Å²) >= 11 is 1.30. The van der Waals surface area contributed by atoms with E-state index < -0.39 is 5.25 Å². The van der Waals surface area contributed by atoms with Crippen molar-refractivity contribution in [1.29, 1.82) is 0 Å². The highest BCUT2D eigenvalue weighted by molar-refractivity contribution is 8.00. The highest BCUT2D eigenvalue weighted by atomic mass is 32.2. The fraction of sp³-hybridized carbons (Fsp3) is 0.348. The van der Waals surface area contributed by atoms with Gasteiger partial charge >= 0.3 is 0 Å². The standard InChI is InChI=1S/C23H27N3O3S/c1-15(2)13-14-26-22(28)19-7-5-6-8-20(19)25-23(26)30-16(3)21(27)24-17-9-11-18(29-4)12-10-17/h5-12,15-16H,13-14H2,1-4H3,(H,24,27)/t16-/m1/s1. The number of nitrogens with zero attached hydrogens (tertiary/aromatic N) is 2. The summed E-state index contributed by atoms with van der Waals surface area (Å²) < 4.78 is 6.84. The molecule has 2 aromatic carbocycles. The fourth-order valence-electron chi connectivity index (χ4n) is 2.95. The van der Waals surface area contributed by atoms with Gasteiger partial charge in [-0.2, -0.15) is 0 Å². The Morgan fingerprint density at radius 2 is 1.83 bits per heavy atom. The first-order valence-corrected chi connectivity index (χ1v) is 10.9. The van der Waals surface area contributed by atoms with E-state index in [-0.39, 0.29) is 11.5 Å². The quantitative estimate of drug-likeness (QED) is 0.423. The molecule has 3 aromatic rings. The van der Waals surface area contributed by atoms with E-state index in [0.717, 1.165) is 12.2 Å². The van der Waals surface area contributed by atoms with Crippen LogP contribution in [0.3, 0.4) is 0 Å². The van der Waals surface area contributed by atoms with Crippen LogP contribution in [0, 0.1) is 5.92 Å². The third-order valence-electron chi connectivity index (χ3n) is 4.77. The van der Waals surface area contributed by atoms with Crippen molar-refractivity contribution in [2.75, 3.05) is 12.4 Å². The van der Waals surface area contributed by atoms with Gasteiger partial charge in [-0.15, -0.1) is 0 Å². The van der Waals surface area contributed by atoms with Gasteiger partial charge in [-0.25, -0.2) is 4.98 Å². The summed E-state index contributed by atoms with van der Waals surface area (Å²) in [6.07, 6.45) is 0.861. The molecule has 0 aliphatic heterocycles. The molecule has 0 spiro atoms. The predicted octanol–water partition coefficient (Wildman–Crippen LogP) is 4.57. The number of hydrogen-bond donors (Lipinski definition) is 1. The molecule has 30 heavy (non-hydrogen) atoms. The Hall–Kier alpha value is -2.80. The van der Waals surface area contributed by atoms with Crippen LogP contribution in [0.2, 0.25) is 0 Å². The molecular weight excluding hydrogens is 398 g/mol. The molecule has 0 aliphatic carbocycles. The number of rotatable bonds is 8. The molecule has 7 heteroatoms. The number of hydrogen-bond acceptors (Lipinski definition) is 5. The van der Waals surface area contributed by atoms with Crippen molar-refractivity contribution in [2.45, 2.75) is 44.1 Å². The van der Waals surface area contributed by atoms with Gasteiger partial charge < -0.3 is 10.1 Å². The SMILES string of the molecule is COc1ccc(NC(=O)[C@@H](C)Sc2nc3ccccc3c(=O)n2CCC(C)C)cc1. The van der Waals surface area contributed by atoms with E-state index in [2.05, 4.69) is 19.2 Å². The number of carbonyl (C=O) groups is 1. The van der Waals surface area contributed by atoms with Crippen LogP contribution in [0.25, 0.3) is 10.9 Å². The summed E-state index contributed by atoms with van der Waals surface area (Å²) in [6, 6.07) is 14.5. The Labute approximate surface area is 180 Å². The van der Waals surface area contributed by atoms with Crippen molar-refractivity contribution in [2.24, 2.45) is 5.92 Å². The molecule has 3 rings (SSSR count). The fourth-order valence-corrected chi connectivity index (χ4v) is 3.89. The van der Waals surface area contributed by atoms with E-state index in [4.69, 9.17) is 9.72 Å². The Bertz CT molecular complexity index is 1080. The maximum absolute atomic E-state index is 13.1. The number of nitrogens with one attached hydrogen (secondary N) is 1. The first-order chi connectivity index (χ1) is 14.4. The number of anilines is 1. The Balaban J connectivity index is 1.84. The first kappa shape index (κ1) is 21.9. The lowest BCUT2D eigenvalue weighted by molar-refractivity contribution is -0.115. The van der Waals surface area contributed by atoms with Gasteiger partial charge in [0.25, 0.3) is 5.56 Å². The predicted molar refractivity (Wildman–Crippen MR) is 122 cm³/mol. The van der Waals surface area contributed by atoms with E-state index in [1.54, 1.807) is 42.0 Å². The van der Waals surface area contributed by atoms with Crippen LogP contribution in [0.5, 0.6) is 5.75 Å². The number of amides is 1. The van der Waals surface area contributed by atoms with Gasteiger partial charge in [-0.1, -0.05) is 37.7 Å². The molecule has 0 aliphatic rings. The van der Waals surface area contributed by atoms with E-state index >= 15 is 0 Å². The first-order valence-electron chi connectivity index (χ1n) is 10.00. The minimum atomic E-state index is -0.425. The molecule has 6 nitrogen and oxygen atoms in total. The molecule has 1 amide bonds. The molecule has 1 atom stereocenters. The van der Waals surface area contributed by atoms with Crippen molar-refractivity contribution in [3.05, 3.63) is 58.9 Å². The second-order valence-electron chi connectivity index (χ2n) is 7.53. The van der Waals surface area contributed by atoms with E-state index in [9.17, 15) is 9.59 Å². The Kier molecular flexibility index (Phi) is 7.15. The lowest BCUT2D eigenvalue weighted by Crippen LogP contribution is -2.27. The summed E-state index contributed by atoms with van der Waals surface area (Å²) in [7, 11) is 1.60. The topological polar surface area (TPSA) is 73.2 Å². The molecule has 0 radical (unpaired) electrons. The summed E-state index contributed by atoms with van der Waals surface area (Å²) in [6.45, 7) is 6.63. The van der Waals surface area contributed by atoms with Crippen LogP contribution in [-0.4, -0.2) is 27.8 Å². The lowest BCUT2D eigenvalue weighted by atomic mass is 10.1. The molecular formula is C23H27N3O3S. The maximum atomic E-state index is 13.1. The highest BCUT2D eigenvalue weighted by Gasteiger charge is 2.20. The van der Waals surface area contributed by atoms with Gasteiger partial charge in [0.2, 0.25) is 5.91 Å². The molecule has 158 valence electrons. The van der Waals surface area contributed by atoms with Crippen molar-refractivity contribution >= 4 is 34.3 Å². The van der Waals surface area contributed by atoms with E-state index in [1.807, 2.05) is 25.1 Å². The van der Waals surface area contributed by atoms with Crippen LogP contribution in [-0.2, 0) is 11.3 Å². The smallest absolute Gasteiger partial charge is 0.262 e. The number of para-hydroxylation sites is 1. The molecule has 0 unspecified atom stereocenters. The second kappa shape index (κ2) is 9.80. The minimum absolute atomic E-state index is 0.0634. The van der Waals surface area contributed by atoms with Crippen LogP contribution < -0.4 is 15.6 Å². The third-order valence-corrected chi connectivity index (χ3v) is 5.86.